The van der Waals surface area contributed by atoms with Crippen LogP contribution in [0.4, 0.5) is 0 Å². The van der Waals surface area contributed by atoms with Gasteiger partial charge in [-0.3, -0.25) is 0 Å². The number of aromatic carboxylic acids is 1. The highest BCUT2D eigenvalue weighted by Gasteiger charge is 2.21. The molecule has 1 aromatic carbocycles. The number of carbonyl (C=O) groups is 1. The molecule has 6 heteroatoms. The molecule has 2 N–H and O–H groups in total. The second-order valence-corrected chi connectivity index (χ2v) is 4.37. The number of H-pyrrole nitrogens is 1. The summed E-state index contributed by atoms with van der Waals surface area (Å²) in [5, 5.41) is 9.24. The second-order valence-electron chi connectivity index (χ2n) is 4.37. The van der Waals surface area contributed by atoms with E-state index in [1.54, 1.807) is 26.2 Å². The van der Waals surface area contributed by atoms with Crippen LogP contribution in [0.2, 0.25) is 0 Å². The summed E-state index contributed by atoms with van der Waals surface area (Å²) in [5.74, 6) is 0.663. The molecule has 0 saturated carbocycles. The van der Waals surface area contributed by atoms with Gasteiger partial charge in [-0.2, -0.15) is 0 Å². The lowest BCUT2D eigenvalue weighted by Gasteiger charge is -2.12. The van der Waals surface area contributed by atoms with Crippen LogP contribution in [0, 0.1) is 13.8 Å². The van der Waals surface area contributed by atoms with Crippen LogP contribution in [-0.4, -0.2) is 35.3 Å². The average molecular weight is 276 g/mol. The van der Waals surface area contributed by atoms with Crippen LogP contribution in [0.5, 0.6) is 11.5 Å². The minimum atomic E-state index is -1.07. The maximum Gasteiger partial charge on any atom is 0.354 e. The van der Waals surface area contributed by atoms with Gasteiger partial charge in [0.05, 0.1) is 14.2 Å². The Morgan fingerprint density at radius 1 is 1.20 bits per heavy atom. The first-order valence-electron chi connectivity index (χ1n) is 6.00. The smallest absolute Gasteiger partial charge is 0.354 e. The normalized spacial score (nSPS) is 10.4. The summed E-state index contributed by atoms with van der Waals surface area (Å²) in [6.45, 7) is 3.59. The number of nitrogens with zero attached hydrogens (tertiary/aromatic N) is 1. The lowest BCUT2D eigenvalue weighted by Crippen LogP contribution is -2.01. The molecule has 0 spiro atoms. The molecule has 0 aliphatic heterocycles. The molecule has 0 bridgehead atoms. The number of aromatic amines is 1. The Morgan fingerprint density at radius 2 is 1.85 bits per heavy atom. The number of rotatable bonds is 4. The third-order valence-corrected chi connectivity index (χ3v) is 3.01. The van der Waals surface area contributed by atoms with Gasteiger partial charge in [-0.25, -0.2) is 9.78 Å². The van der Waals surface area contributed by atoms with Crippen molar-refractivity contribution in [3.8, 4) is 22.8 Å². The minimum Gasteiger partial charge on any atom is -0.496 e. The summed E-state index contributed by atoms with van der Waals surface area (Å²) < 4.78 is 10.6. The van der Waals surface area contributed by atoms with Crippen LogP contribution in [0.15, 0.2) is 12.1 Å². The third kappa shape index (κ3) is 2.32. The SMILES string of the molecule is COc1cc(-c2nc(C)[nH]c2C(=O)O)c(OC)cc1C. The molecule has 1 aromatic heterocycles. The van der Waals surface area contributed by atoms with E-state index in [0.717, 1.165) is 5.56 Å². The van der Waals surface area contributed by atoms with Gasteiger partial charge in [0.2, 0.25) is 0 Å². The van der Waals surface area contributed by atoms with E-state index in [9.17, 15) is 9.90 Å². The Kier molecular flexibility index (Phi) is 3.65. The van der Waals surface area contributed by atoms with Crippen molar-refractivity contribution in [2.75, 3.05) is 14.2 Å². The van der Waals surface area contributed by atoms with Gasteiger partial charge in [-0.1, -0.05) is 0 Å². The second kappa shape index (κ2) is 5.24. The first-order valence-corrected chi connectivity index (χ1v) is 6.00. The van der Waals surface area contributed by atoms with Crippen LogP contribution >= 0.6 is 0 Å². The summed E-state index contributed by atoms with van der Waals surface area (Å²) >= 11 is 0. The van der Waals surface area contributed by atoms with E-state index in [1.807, 2.05) is 6.92 Å². The third-order valence-electron chi connectivity index (χ3n) is 3.01. The molecular formula is C14H16N2O4. The van der Waals surface area contributed by atoms with Crippen LogP contribution in [0.3, 0.4) is 0 Å². The molecule has 0 aliphatic rings. The Morgan fingerprint density at radius 3 is 2.40 bits per heavy atom. The summed E-state index contributed by atoms with van der Waals surface area (Å²) in [6.07, 6.45) is 0. The van der Waals surface area contributed by atoms with Crippen molar-refractivity contribution in [1.82, 2.24) is 9.97 Å². The summed E-state index contributed by atoms with van der Waals surface area (Å²) in [4.78, 5) is 18.3. The van der Waals surface area contributed by atoms with Gasteiger partial charge in [-0.15, -0.1) is 0 Å². The van der Waals surface area contributed by atoms with E-state index < -0.39 is 5.97 Å². The summed E-state index contributed by atoms with van der Waals surface area (Å²) in [6, 6.07) is 3.53. The number of hydrogen-bond donors (Lipinski definition) is 2. The minimum absolute atomic E-state index is 0.0340. The van der Waals surface area contributed by atoms with E-state index in [0.29, 0.717) is 28.6 Å². The predicted octanol–water partition coefficient (Wildman–Crippen LogP) is 2.41. The number of benzene rings is 1. The van der Waals surface area contributed by atoms with Gasteiger partial charge >= 0.3 is 5.97 Å². The van der Waals surface area contributed by atoms with Crippen LogP contribution in [0.25, 0.3) is 11.3 Å². The van der Waals surface area contributed by atoms with Crippen molar-refractivity contribution in [2.45, 2.75) is 13.8 Å². The summed E-state index contributed by atoms with van der Waals surface area (Å²) in [7, 11) is 3.09. The van der Waals surface area contributed by atoms with E-state index in [2.05, 4.69) is 9.97 Å². The Balaban J connectivity index is 2.71. The van der Waals surface area contributed by atoms with Gasteiger partial charge < -0.3 is 19.6 Å². The molecule has 0 amide bonds. The molecule has 2 aromatic rings. The monoisotopic (exact) mass is 276 g/mol. The number of hydrogen-bond acceptors (Lipinski definition) is 4. The molecule has 1 heterocycles. The van der Waals surface area contributed by atoms with Gasteiger partial charge in [0.15, 0.2) is 5.69 Å². The molecule has 0 radical (unpaired) electrons. The quantitative estimate of drug-likeness (QED) is 0.895. The Labute approximate surface area is 116 Å². The largest absolute Gasteiger partial charge is 0.496 e. The van der Waals surface area contributed by atoms with Crippen molar-refractivity contribution in [1.29, 1.82) is 0 Å². The number of aryl methyl sites for hydroxylation is 2. The zero-order chi connectivity index (χ0) is 14.9. The molecule has 6 nitrogen and oxygen atoms in total. The number of methoxy groups -OCH3 is 2. The highest BCUT2D eigenvalue weighted by atomic mass is 16.5. The topological polar surface area (TPSA) is 84.4 Å². The van der Waals surface area contributed by atoms with E-state index >= 15 is 0 Å². The fraction of sp³-hybridized carbons (Fsp3) is 0.286. The molecule has 106 valence electrons. The van der Waals surface area contributed by atoms with Gasteiger partial charge in [0.1, 0.15) is 23.0 Å². The molecule has 0 saturated heterocycles. The fourth-order valence-electron chi connectivity index (χ4n) is 2.08. The molecule has 20 heavy (non-hydrogen) atoms. The predicted molar refractivity (Wildman–Crippen MR) is 73.6 cm³/mol. The Hall–Kier alpha value is -2.50. The molecule has 0 aliphatic carbocycles. The van der Waals surface area contributed by atoms with Gasteiger partial charge in [0.25, 0.3) is 0 Å². The maximum absolute atomic E-state index is 11.3. The van der Waals surface area contributed by atoms with Gasteiger partial charge in [0, 0.05) is 5.56 Å². The Bertz CT molecular complexity index is 661. The maximum atomic E-state index is 11.3. The summed E-state index contributed by atoms with van der Waals surface area (Å²) in [5.41, 5.74) is 1.85. The van der Waals surface area contributed by atoms with Crippen molar-refractivity contribution in [3.05, 3.63) is 29.2 Å². The molecular weight excluding hydrogens is 260 g/mol. The van der Waals surface area contributed by atoms with Crippen molar-refractivity contribution >= 4 is 5.97 Å². The number of carboxylic acid groups (broad SMARTS) is 1. The van der Waals surface area contributed by atoms with Crippen molar-refractivity contribution < 1.29 is 19.4 Å². The van der Waals surface area contributed by atoms with E-state index in [4.69, 9.17) is 9.47 Å². The van der Waals surface area contributed by atoms with Gasteiger partial charge in [-0.05, 0) is 31.5 Å². The average Bonchev–Trinajstić information content (AvgIpc) is 2.80. The number of carboxylic acids is 1. The lowest BCUT2D eigenvalue weighted by molar-refractivity contribution is 0.0692. The van der Waals surface area contributed by atoms with Crippen LogP contribution in [-0.2, 0) is 0 Å². The van der Waals surface area contributed by atoms with E-state index in [-0.39, 0.29) is 5.69 Å². The highest BCUT2D eigenvalue weighted by Crippen LogP contribution is 2.36. The van der Waals surface area contributed by atoms with Crippen LogP contribution < -0.4 is 9.47 Å². The molecule has 2 rings (SSSR count). The highest BCUT2D eigenvalue weighted by molar-refractivity contribution is 5.94. The van der Waals surface area contributed by atoms with E-state index in [1.165, 1.54) is 7.11 Å². The number of imidazole rings is 1. The van der Waals surface area contributed by atoms with Crippen LogP contribution in [0.1, 0.15) is 21.9 Å². The van der Waals surface area contributed by atoms with Crippen molar-refractivity contribution in [3.63, 3.8) is 0 Å². The standard InChI is InChI=1S/C14H16N2O4/c1-7-5-11(20-4)9(6-10(7)19-3)12-13(14(17)18)16-8(2)15-12/h5-6H,1-4H3,(H,15,16)(H,17,18). The molecule has 0 atom stereocenters. The molecule has 0 unspecified atom stereocenters. The number of nitrogens with one attached hydrogen (secondary N) is 1. The number of ether oxygens (including phenoxy) is 2. The zero-order valence-corrected chi connectivity index (χ0v) is 11.8. The fourth-order valence-corrected chi connectivity index (χ4v) is 2.08. The van der Waals surface area contributed by atoms with Crippen molar-refractivity contribution in [2.24, 2.45) is 0 Å². The first kappa shape index (κ1) is 13.9. The first-order chi connectivity index (χ1) is 9.47. The number of aromatic nitrogens is 2. The molecule has 0 fully saturated rings. The lowest BCUT2D eigenvalue weighted by atomic mass is 10.1. The zero-order valence-electron chi connectivity index (χ0n) is 11.8.